The Morgan fingerprint density at radius 2 is 1.85 bits per heavy atom. The van der Waals surface area contributed by atoms with Gasteiger partial charge in [-0.15, -0.1) is 0 Å². The van der Waals surface area contributed by atoms with E-state index in [-0.39, 0.29) is 23.7 Å². The van der Waals surface area contributed by atoms with Gasteiger partial charge in [0, 0.05) is 25.8 Å². The standard InChI is InChI=1S/C21H31NO4/c1-12-13-8-10-16(19(23)14(13)9-11-18(12)26-3)21(25)15-6-4-5-7-17(15)22(2)20(21)24/h12-14,16,18,25H,4-11H2,1-3H3. The summed E-state index contributed by atoms with van der Waals surface area (Å²) < 4.78 is 5.61. The Morgan fingerprint density at radius 3 is 2.58 bits per heavy atom. The minimum atomic E-state index is -1.59. The number of hydrogen-bond donors (Lipinski definition) is 1. The molecule has 2 fully saturated rings. The van der Waals surface area contributed by atoms with Crippen molar-refractivity contribution in [3.8, 4) is 0 Å². The minimum Gasteiger partial charge on any atom is -0.381 e. The first-order valence-corrected chi connectivity index (χ1v) is 10.2. The van der Waals surface area contributed by atoms with Crippen LogP contribution in [-0.2, 0) is 14.3 Å². The highest BCUT2D eigenvalue weighted by Crippen LogP contribution is 2.52. The highest BCUT2D eigenvalue weighted by Gasteiger charge is 2.60. The first-order chi connectivity index (χ1) is 12.4. The molecule has 0 saturated heterocycles. The lowest BCUT2D eigenvalue weighted by atomic mass is 9.58. The normalized spacial score (nSPS) is 43.5. The molecule has 0 radical (unpaired) electrons. The summed E-state index contributed by atoms with van der Waals surface area (Å²) in [6, 6.07) is 0. The third-order valence-corrected chi connectivity index (χ3v) is 7.78. The number of carbonyl (C=O) groups excluding carboxylic acids is 2. The first kappa shape index (κ1) is 18.2. The molecule has 1 aliphatic heterocycles. The van der Waals surface area contributed by atoms with Gasteiger partial charge in [-0.25, -0.2) is 0 Å². The number of aliphatic hydroxyl groups is 1. The maximum Gasteiger partial charge on any atom is 0.263 e. The zero-order chi connectivity index (χ0) is 18.6. The Bertz CT molecular complexity index is 656. The van der Waals surface area contributed by atoms with Crippen LogP contribution in [0.4, 0.5) is 0 Å². The number of likely N-dealkylation sites (N-methyl/N-ethyl adjacent to an activating group) is 1. The van der Waals surface area contributed by atoms with Crippen LogP contribution >= 0.6 is 0 Å². The molecule has 0 aromatic carbocycles. The maximum absolute atomic E-state index is 13.4. The predicted molar refractivity (Wildman–Crippen MR) is 97.1 cm³/mol. The van der Waals surface area contributed by atoms with Gasteiger partial charge < -0.3 is 14.7 Å². The van der Waals surface area contributed by atoms with Crippen LogP contribution in [0.1, 0.15) is 58.3 Å². The third kappa shape index (κ3) is 2.36. The van der Waals surface area contributed by atoms with Gasteiger partial charge >= 0.3 is 0 Å². The number of allylic oxidation sites excluding steroid dienone is 1. The molecule has 4 rings (SSSR count). The predicted octanol–water partition coefficient (Wildman–Crippen LogP) is 2.67. The van der Waals surface area contributed by atoms with Crippen LogP contribution in [0.15, 0.2) is 11.3 Å². The summed E-state index contributed by atoms with van der Waals surface area (Å²) in [5.74, 6) is -0.105. The Kier molecular flexibility index (Phi) is 4.51. The second-order valence-electron chi connectivity index (χ2n) is 8.78. The summed E-state index contributed by atoms with van der Waals surface area (Å²) in [6.07, 6.45) is 7.02. The van der Waals surface area contributed by atoms with Gasteiger partial charge in [0.15, 0.2) is 5.60 Å². The van der Waals surface area contributed by atoms with Crippen LogP contribution in [0.2, 0.25) is 0 Å². The van der Waals surface area contributed by atoms with E-state index in [2.05, 4.69) is 6.92 Å². The van der Waals surface area contributed by atoms with Crippen LogP contribution in [0.3, 0.4) is 0 Å². The van der Waals surface area contributed by atoms with E-state index in [0.717, 1.165) is 56.2 Å². The number of ketones is 1. The highest BCUT2D eigenvalue weighted by atomic mass is 16.5. The molecule has 0 bridgehead atoms. The number of amides is 1. The Hall–Kier alpha value is -1.20. The molecule has 26 heavy (non-hydrogen) atoms. The van der Waals surface area contributed by atoms with Crippen molar-refractivity contribution in [2.45, 2.75) is 70.0 Å². The zero-order valence-electron chi connectivity index (χ0n) is 16.2. The fourth-order valence-corrected chi connectivity index (χ4v) is 6.32. The molecule has 5 nitrogen and oxygen atoms in total. The average molecular weight is 361 g/mol. The van der Waals surface area contributed by atoms with E-state index >= 15 is 0 Å². The maximum atomic E-state index is 13.4. The van der Waals surface area contributed by atoms with E-state index in [9.17, 15) is 14.7 Å². The Balaban J connectivity index is 1.64. The highest BCUT2D eigenvalue weighted by molar-refractivity contribution is 6.00. The number of hydrogen-bond acceptors (Lipinski definition) is 4. The molecular weight excluding hydrogens is 330 g/mol. The van der Waals surface area contributed by atoms with Crippen LogP contribution in [0, 0.1) is 23.7 Å². The van der Waals surface area contributed by atoms with Gasteiger partial charge in [-0.3, -0.25) is 9.59 Å². The molecule has 1 amide bonds. The fraction of sp³-hybridized carbons (Fsp3) is 0.810. The van der Waals surface area contributed by atoms with Crippen molar-refractivity contribution in [2.24, 2.45) is 23.7 Å². The smallest absolute Gasteiger partial charge is 0.263 e. The van der Waals surface area contributed by atoms with Crippen molar-refractivity contribution >= 4 is 11.7 Å². The molecule has 0 aromatic heterocycles. The summed E-state index contributed by atoms with van der Waals surface area (Å²) in [4.78, 5) is 28.1. The number of rotatable bonds is 2. The lowest BCUT2D eigenvalue weighted by Crippen LogP contribution is -2.56. The molecule has 144 valence electrons. The molecule has 4 aliphatic rings. The third-order valence-electron chi connectivity index (χ3n) is 7.78. The van der Waals surface area contributed by atoms with Crippen molar-refractivity contribution in [1.82, 2.24) is 4.90 Å². The quantitative estimate of drug-likeness (QED) is 0.821. The average Bonchev–Trinajstić information content (AvgIpc) is 2.85. The van der Waals surface area contributed by atoms with Crippen molar-refractivity contribution in [2.75, 3.05) is 14.2 Å². The fourth-order valence-electron chi connectivity index (χ4n) is 6.32. The molecule has 5 heteroatoms. The van der Waals surface area contributed by atoms with Crippen molar-refractivity contribution in [3.05, 3.63) is 11.3 Å². The zero-order valence-corrected chi connectivity index (χ0v) is 16.2. The molecule has 0 spiro atoms. The number of ether oxygens (including phenoxy) is 1. The monoisotopic (exact) mass is 361 g/mol. The summed E-state index contributed by atoms with van der Waals surface area (Å²) in [5, 5.41) is 11.6. The van der Waals surface area contributed by atoms with E-state index in [1.54, 1.807) is 19.1 Å². The summed E-state index contributed by atoms with van der Waals surface area (Å²) in [5.41, 5.74) is 0.218. The van der Waals surface area contributed by atoms with Crippen molar-refractivity contribution < 1.29 is 19.4 Å². The van der Waals surface area contributed by atoms with Gasteiger partial charge in [0.1, 0.15) is 5.78 Å². The minimum absolute atomic E-state index is 0.0366. The molecule has 1 N–H and O–H groups in total. The topological polar surface area (TPSA) is 66.8 Å². The number of methoxy groups -OCH3 is 1. The second-order valence-corrected chi connectivity index (χ2v) is 8.78. The summed E-state index contributed by atoms with van der Waals surface area (Å²) >= 11 is 0. The number of fused-ring (bicyclic) bond motifs is 1. The SMILES string of the molecule is COC1CCC2C(=O)C(C3(O)C(=O)N(C)C4=C3CCCC4)CCC2C1C. The van der Waals surface area contributed by atoms with E-state index in [1.807, 2.05) is 0 Å². The van der Waals surface area contributed by atoms with Crippen LogP contribution in [0.25, 0.3) is 0 Å². The van der Waals surface area contributed by atoms with Gasteiger partial charge in [-0.05, 0) is 68.8 Å². The summed E-state index contributed by atoms with van der Waals surface area (Å²) in [6.45, 7) is 2.18. The molecule has 0 aromatic rings. The van der Waals surface area contributed by atoms with Crippen LogP contribution in [0.5, 0.6) is 0 Å². The molecule has 6 atom stereocenters. The first-order valence-electron chi connectivity index (χ1n) is 10.2. The largest absolute Gasteiger partial charge is 0.381 e. The molecular formula is C21H31NO4. The Morgan fingerprint density at radius 1 is 1.12 bits per heavy atom. The molecule has 6 unspecified atom stereocenters. The molecule has 2 saturated carbocycles. The lowest BCUT2D eigenvalue weighted by molar-refractivity contribution is -0.159. The van der Waals surface area contributed by atoms with Gasteiger partial charge in [-0.1, -0.05) is 6.92 Å². The van der Waals surface area contributed by atoms with E-state index < -0.39 is 11.5 Å². The van der Waals surface area contributed by atoms with E-state index in [4.69, 9.17) is 4.74 Å². The second kappa shape index (κ2) is 6.45. The number of Topliss-reactive ketones (excluding diaryl/α,β-unsaturated/α-hetero) is 1. The molecule has 1 heterocycles. The van der Waals surface area contributed by atoms with Gasteiger partial charge in [0.2, 0.25) is 0 Å². The summed E-state index contributed by atoms with van der Waals surface area (Å²) in [7, 11) is 3.50. The van der Waals surface area contributed by atoms with Crippen LogP contribution in [-0.4, -0.2) is 47.6 Å². The van der Waals surface area contributed by atoms with Gasteiger partial charge in [0.25, 0.3) is 5.91 Å². The molecule has 3 aliphatic carbocycles. The number of carbonyl (C=O) groups is 2. The Labute approximate surface area is 155 Å². The van der Waals surface area contributed by atoms with Crippen molar-refractivity contribution in [1.29, 1.82) is 0 Å². The van der Waals surface area contributed by atoms with Gasteiger partial charge in [-0.2, -0.15) is 0 Å². The van der Waals surface area contributed by atoms with E-state index in [1.165, 1.54) is 0 Å². The van der Waals surface area contributed by atoms with Crippen molar-refractivity contribution in [3.63, 3.8) is 0 Å². The van der Waals surface area contributed by atoms with Crippen LogP contribution < -0.4 is 0 Å². The van der Waals surface area contributed by atoms with Gasteiger partial charge in [0.05, 0.1) is 12.0 Å². The van der Waals surface area contributed by atoms with E-state index in [0.29, 0.717) is 18.3 Å². The number of nitrogens with zero attached hydrogens (tertiary/aromatic N) is 1. The lowest BCUT2D eigenvalue weighted by Gasteiger charge is -2.47.